The zero-order valence-corrected chi connectivity index (χ0v) is 18.4. The summed E-state index contributed by atoms with van der Waals surface area (Å²) in [5, 5.41) is 11.7. The molecule has 33 heavy (non-hydrogen) atoms. The van der Waals surface area contributed by atoms with Gasteiger partial charge in [0.15, 0.2) is 0 Å². The number of ether oxygens (including phenoxy) is 1. The van der Waals surface area contributed by atoms with Crippen LogP contribution in [0.3, 0.4) is 0 Å². The lowest BCUT2D eigenvalue weighted by Gasteiger charge is -2.25. The molecule has 6 nitrogen and oxygen atoms in total. The highest BCUT2D eigenvalue weighted by Gasteiger charge is 2.46. The van der Waals surface area contributed by atoms with Crippen molar-refractivity contribution in [3.8, 4) is 5.75 Å². The number of Topliss-reactive ketones (excluding diaryl/α,β-unsaturated/α-hetero) is 1. The third kappa shape index (κ3) is 4.66. The van der Waals surface area contributed by atoms with E-state index in [1.807, 2.05) is 6.07 Å². The number of pyridine rings is 1. The van der Waals surface area contributed by atoms with Gasteiger partial charge < -0.3 is 14.7 Å². The average molecular weight is 461 g/mol. The highest BCUT2D eigenvalue weighted by Crippen LogP contribution is 2.40. The molecule has 1 aromatic heterocycles. The van der Waals surface area contributed by atoms with Crippen molar-refractivity contribution in [1.29, 1.82) is 0 Å². The molecule has 0 unspecified atom stereocenters. The largest absolute Gasteiger partial charge is 0.507 e. The molecule has 1 N–H and O–H groups in total. The number of aliphatic hydroxyl groups excluding tert-OH is 1. The summed E-state index contributed by atoms with van der Waals surface area (Å²) in [4.78, 5) is 31.7. The molecule has 1 fully saturated rings. The number of carbonyl (C=O) groups is 2. The molecule has 3 aromatic rings. The molecule has 0 saturated carbocycles. The van der Waals surface area contributed by atoms with Crippen molar-refractivity contribution in [1.82, 2.24) is 9.88 Å². The second kappa shape index (κ2) is 9.71. The predicted molar refractivity (Wildman–Crippen MR) is 126 cm³/mol. The average Bonchev–Trinajstić information content (AvgIpc) is 3.08. The summed E-state index contributed by atoms with van der Waals surface area (Å²) < 4.78 is 5.48. The molecular weight excluding hydrogens is 440 g/mol. The van der Waals surface area contributed by atoms with Crippen LogP contribution >= 0.6 is 11.6 Å². The lowest BCUT2D eigenvalue weighted by atomic mass is 9.95. The van der Waals surface area contributed by atoms with E-state index in [-0.39, 0.29) is 17.9 Å². The van der Waals surface area contributed by atoms with E-state index in [1.165, 1.54) is 4.90 Å². The van der Waals surface area contributed by atoms with Crippen molar-refractivity contribution in [3.05, 3.63) is 113 Å². The molecule has 0 spiro atoms. The minimum atomic E-state index is -0.779. The molecule has 1 amide bonds. The van der Waals surface area contributed by atoms with E-state index < -0.39 is 17.7 Å². The number of nitrogens with zero attached hydrogens (tertiary/aromatic N) is 2. The maximum atomic E-state index is 13.1. The maximum absolute atomic E-state index is 13.1. The van der Waals surface area contributed by atoms with Crippen LogP contribution in [-0.4, -0.2) is 33.3 Å². The highest BCUT2D eigenvalue weighted by atomic mass is 35.5. The lowest BCUT2D eigenvalue weighted by molar-refractivity contribution is -0.140. The first-order valence-corrected chi connectivity index (χ1v) is 10.6. The number of hydrogen-bond donors (Lipinski definition) is 1. The van der Waals surface area contributed by atoms with Gasteiger partial charge in [0.2, 0.25) is 0 Å². The number of amides is 1. The Kier molecular flexibility index (Phi) is 6.56. The van der Waals surface area contributed by atoms with Gasteiger partial charge in [-0.1, -0.05) is 42.5 Å². The molecule has 1 aliphatic rings. The fourth-order valence-corrected chi connectivity index (χ4v) is 3.87. The van der Waals surface area contributed by atoms with Crippen LogP contribution < -0.4 is 4.74 Å². The minimum absolute atomic E-state index is 0.0194. The van der Waals surface area contributed by atoms with Crippen LogP contribution in [0.5, 0.6) is 5.75 Å². The standard InChI is InChI=1S/C26H21ClN2O4/c1-2-14-33-21-11-7-19(8-12-21)24(30)22-23(18-5-9-20(27)10-6-18)29(26(32)25(22)31)16-17-4-3-13-28-15-17/h2-13,15,23,30H,1,14,16H2/t23-/m0/s1. The summed E-state index contributed by atoms with van der Waals surface area (Å²) in [6, 6.07) is 16.3. The third-order valence-corrected chi connectivity index (χ3v) is 5.55. The molecule has 2 heterocycles. The number of rotatable bonds is 7. The predicted octanol–water partition coefficient (Wildman–Crippen LogP) is 4.92. The van der Waals surface area contributed by atoms with Crippen LogP contribution in [0.2, 0.25) is 5.02 Å². The van der Waals surface area contributed by atoms with Crippen LogP contribution in [0.25, 0.3) is 5.76 Å². The molecule has 166 valence electrons. The van der Waals surface area contributed by atoms with Gasteiger partial charge >= 0.3 is 0 Å². The summed E-state index contributed by atoms with van der Waals surface area (Å²) in [7, 11) is 0. The number of carbonyl (C=O) groups excluding carboxylic acids is 2. The van der Waals surface area contributed by atoms with Gasteiger partial charge in [0.1, 0.15) is 18.1 Å². The number of halogens is 1. The number of ketones is 1. The van der Waals surface area contributed by atoms with Crippen molar-refractivity contribution >= 4 is 29.1 Å². The smallest absolute Gasteiger partial charge is 0.295 e. The normalized spacial score (nSPS) is 17.2. The fourth-order valence-electron chi connectivity index (χ4n) is 3.74. The Bertz CT molecular complexity index is 1210. The highest BCUT2D eigenvalue weighted by molar-refractivity contribution is 6.46. The third-order valence-electron chi connectivity index (χ3n) is 5.30. The maximum Gasteiger partial charge on any atom is 0.295 e. The van der Waals surface area contributed by atoms with Gasteiger partial charge in [0, 0.05) is 29.5 Å². The van der Waals surface area contributed by atoms with E-state index in [4.69, 9.17) is 16.3 Å². The first kappa shape index (κ1) is 22.3. The van der Waals surface area contributed by atoms with Gasteiger partial charge in [-0.3, -0.25) is 14.6 Å². The van der Waals surface area contributed by atoms with E-state index >= 15 is 0 Å². The van der Waals surface area contributed by atoms with Crippen molar-refractivity contribution in [2.75, 3.05) is 6.61 Å². The van der Waals surface area contributed by atoms with E-state index in [9.17, 15) is 14.7 Å². The number of benzene rings is 2. The zero-order valence-electron chi connectivity index (χ0n) is 17.6. The Morgan fingerprint density at radius 3 is 2.48 bits per heavy atom. The van der Waals surface area contributed by atoms with E-state index in [1.54, 1.807) is 73.1 Å². The second-order valence-corrected chi connectivity index (χ2v) is 7.90. The van der Waals surface area contributed by atoms with Crippen molar-refractivity contribution in [2.45, 2.75) is 12.6 Å². The van der Waals surface area contributed by atoms with Crippen LogP contribution in [0.4, 0.5) is 0 Å². The molecule has 1 atom stereocenters. The minimum Gasteiger partial charge on any atom is -0.507 e. The van der Waals surface area contributed by atoms with Gasteiger partial charge in [-0.15, -0.1) is 0 Å². The quantitative estimate of drug-likeness (QED) is 0.234. The summed E-state index contributed by atoms with van der Waals surface area (Å²) in [6.45, 7) is 4.12. The van der Waals surface area contributed by atoms with Gasteiger partial charge in [-0.2, -0.15) is 0 Å². The summed E-state index contributed by atoms with van der Waals surface area (Å²) in [5.41, 5.74) is 1.85. The lowest BCUT2D eigenvalue weighted by Crippen LogP contribution is -2.29. The molecule has 0 radical (unpaired) electrons. The zero-order chi connectivity index (χ0) is 23.4. The molecule has 4 rings (SSSR count). The van der Waals surface area contributed by atoms with E-state index in [2.05, 4.69) is 11.6 Å². The molecule has 2 aromatic carbocycles. The monoisotopic (exact) mass is 460 g/mol. The Morgan fingerprint density at radius 2 is 1.85 bits per heavy atom. The van der Waals surface area contributed by atoms with Crippen molar-refractivity contribution in [2.24, 2.45) is 0 Å². The summed E-state index contributed by atoms with van der Waals surface area (Å²) in [5.74, 6) is -1.09. The van der Waals surface area contributed by atoms with Gasteiger partial charge in [0.05, 0.1) is 11.6 Å². The van der Waals surface area contributed by atoms with E-state index in [0.717, 1.165) is 5.56 Å². The van der Waals surface area contributed by atoms with Crippen LogP contribution in [0, 0.1) is 0 Å². The van der Waals surface area contributed by atoms with Gasteiger partial charge in [0.25, 0.3) is 11.7 Å². The van der Waals surface area contributed by atoms with Gasteiger partial charge in [-0.25, -0.2) is 0 Å². The molecule has 7 heteroatoms. The molecule has 1 aliphatic heterocycles. The van der Waals surface area contributed by atoms with E-state index in [0.29, 0.717) is 28.5 Å². The molecular formula is C26H21ClN2O4. The second-order valence-electron chi connectivity index (χ2n) is 7.46. The Balaban J connectivity index is 1.78. The molecule has 0 bridgehead atoms. The van der Waals surface area contributed by atoms with Crippen molar-refractivity contribution < 1.29 is 19.4 Å². The Labute approximate surface area is 196 Å². The first-order chi connectivity index (χ1) is 16.0. The Hall–Kier alpha value is -3.90. The number of aromatic nitrogens is 1. The topological polar surface area (TPSA) is 79.7 Å². The number of hydrogen-bond acceptors (Lipinski definition) is 5. The fraction of sp³-hybridized carbons (Fsp3) is 0.115. The van der Waals surface area contributed by atoms with Gasteiger partial charge in [-0.05, 0) is 53.6 Å². The van der Waals surface area contributed by atoms with Crippen LogP contribution in [0.15, 0.2) is 91.3 Å². The summed E-state index contributed by atoms with van der Waals surface area (Å²) >= 11 is 6.05. The number of aliphatic hydroxyl groups is 1. The molecule has 0 aliphatic carbocycles. The Morgan fingerprint density at radius 1 is 1.12 bits per heavy atom. The van der Waals surface area contributed by atoms with Crippen LogP contribution in [0.1, 0.15) is 22.7 Å². The first-order valence-electron chi connectivity index (χ1n) is 10.3. The van der Waals surface area contributed by atoms with Crippen LogP contribution in [-0.2, 0) is 16.1 Å². The number of likely N-dealkylation sites (tertiary alicyclic amines) is 1. The molecule has 1 saturated heterocycles. The van der Waals surface area contributed by atoms with Crippen molar-refractivity contribution in [3.63, 3.8) is 0 Å². The summed E-state index contributed by atoms with van der Waals surface area (Å²) in [6.07, 6.45) is 4.90. The SMILES string of the molecule is C=CCOc1ccc(C(O)=C2C(=O)C(=O)N(Cc3cccnc3)[C@H]2c2ccc(Cl)cc2)cc1.